The average Bonchev–Trinajstić information content (AvgIpc) is 3.40. The van der Waals surface area contributed by atoms with Crippen LogP contribution in [0.25, 0.3) is 0 Å². The van der Waals surface area contributed by atoms with Gasteiger partial charge < -0.3 is 29.3 Å². The molecule has 0 radical (unpaired) electrons. The fourth-order valence-electron chi connectivity index (χ4n) is 2.73. The van der Waals surface area contributed by atoms with Crippen LogP contribution in [-0.2, 0) is 15.2 Å². The number of ether oxygens (including phenoxy) is 1. The second kappa shape index (κ2) is 8.01. The van der Waals surface area contributed by atoms with Crippen LogP contribution in [0.3, 0.4) is 0 Å². The van der Waals surface area contributed by atoms with Crippen molar-refractivity contribution < 1.29 is 28.3 Å². The summed E-state index contributed by atoms with van der Waals surface area (Å²) in [5.41, 5.74) is -0.0426. The Kier molecular flexibility index (Phi) is 5.51. The number of carbonyl (C=O) groups is 2. The lowest BCUT2D eigenvalue weighted by Crippen LogP contribution is -2.45. The van der Waals surface area contributed by atoms with Gasteiger partial charge >= 0.3 is 11.8 Å². The van der Waals surface area contributed by atoms with Gasteiger partial charge in [0.25, 0.3) is 0 Å². The predicted molar refractivity (Wildman–Crippen MR) is 99.8 cm³/mol. The van der Waals surface area contributed by atoms with E-state index in [-0.39, 0.29) is 12.3 Å². The van der Waals surface area contributed by atoms with Crippen LogP contribution in [0, 0.1) is 6.92 Å². The highest BCUT2D eigenvalue weighted by atomic mass is 16.5. The number of nitrogens with one attached hydrogen (secondary N) is 2. The van der Waals surface area contributed by atoms with Crippen molar-refractivity contribution in [2.24, 2.45) is 0 Å². The summed E-state index contributed by atoms with van der Waals surface area (Å²) in [5.74, 6) is -1.18. The second-order valence-corrected chi connectivity index (χ2v) is 6.19. The van der Waals surface area contributed by atoms with E-state index in [1.807, 2.05) is 13.0 Å². The first-order valence-corrected chi connectivity index (χ1v) is 8.47. The molecule has 2 aromatic heterocycles. The van der Waals surface area contributed by atoms with E-state index in [1.54, 1.807) is 30.3 Å². The summed E-state index contributed by atoms with van der Waals surface area (Å²) in [6.07, 6.45) is 4.13. The van der Waals surface area contributed by atoms with Gasteiger partial charge in [0.15, 0.2) is 5.60 Å². The summed E-state index contributed by atoms with van der Waals surface area (Å²) in [5, 5.41) is 16.0. The summed E-state index contributed by atoms with van der Waals surface area (Å²) in [6.45, 7) is 1.56. The van der Waals surface area contributed by atoms with Gasteiger partial charge in [0.1, 0.15) is 11.5 Å². The highest BCUT2D eigenvalue weighted by Gasteiger charge is 2.36. The molecule has 2 amide bonds. The zero-order valence-electron chi connectivity index (χ0n) is 15.4. The van der Waals surface area contributed by atoms with E-state index < -0.39 is 17.4 Å². The number of rotatable bonds is 6. The smallest absolute Gasteiger partial charge is 0.313 e. The normalized spacial score (nSPS) is 12.8. The van der Waals surface area contributed by atoms with Crippen molar-refractivity contribution in [1.29, 1.82) is 0 Å². The summed E-state index contributed by atoms with van der Waals surface area (Å²) in [4.78, 5) is 24.6. The number of aryl methyl sites for hydroxylation is 1. The van der Waals surface area contributed by atoms with Crippen LogP contribution >= 0.6 is 0 Å². The number of aliphatic hydroxyl groups is 1. The van der Waals surface area contributed by atoms with Gasteiger partial charge in [0.05, 0.1) is 38.1 Å². The highest BCUT2D eigenvalue weighted by Crippen LogP contribution is 2.30. The van der Waals surface area contributed by atoms with E-state index in [1.165, 1.54) is 25.9 Å². The van der Waals surface area contributed by atoms with Gasteiger partial charge in [0, 0.05) is 5.56 Å². The van der Waals surface area contributed by atoms with Gasteiger partial charge in [-0.2, -0.15) is 0 Å². The van der Waals surface area contributed by atoms with Gasteiger partial charge in [-0.25, -0.2) is 0 Å². The Labute approximate surface area is 161 Å². The molecule has 0 spiro atoms. The third-order valence-electron chi connectivity index (χ3n) is 4.24. The van der Waals surface area contributed by atoms with Crippen LogP contribution in [0.4, 0.5) is 5.69 Å². The standard InChI is InChI=1S/C20H20N2O6/c1-13-5-6-16(26-2)15(10-13)22-19(24)18(23)21-12-20(25,14-7-9-27-11-14)17-4-3-8-28-17/h3-11,25H,12H2,1-2H3,(H,21,23)(H,22,24)/t20-/m0/s1. The summed E-state index contributed by atoms with van der Waals surface area (Å²) >= 11 is 0. The molecule has 0 saturated carbocycles. The van der Waals surface area contributed by atoms with Crippen LogP contribution in [0.2, 0.25) is 0 Å². The third kappa shape index (κ3) is 3.91. The van der Waals surface area contributed by atoms with Crippen LogP contribution in [0.5, 0.6) is 5.75 Å². The van der Waals surface area contributed by atoms with E-state index >= 15 is 0 Å². The molecule has 28 heavy (non-hydrogen) atoms. The first-order valence-electron chi connectivity index (χ1n) is 8.47. The fraction of sp³-hybridized carbons (Fsp3) is 0.200. The molecular formula is C20H20N2O6. The minimum atomic E-state index is -1.69. The molecule has 0 aliphatic rings. The topological polar surface area (TPSA) is 114 Å². The molecule has 3 rings (SSSR count). The first-order chi connectivity index (χ1) is 13.4. The van der Waals surface area contributed by atoms with Crippen LogP contribution in [-0.4, -0.2) is 30.6 Å². The predicted octanol–water partition coefficient (Wildman–Crippen LogP) is 2.18. The van der Waals surface area contributed by atoms with Gasteiger partial charge in [-0.05, 0) is 42.8 Å². The molecule has 8 heteroatoms. The number of methoxy groups -OCH3 is 1. The second-order valence-electron chi connectivity index (χ2n) is 6.19. The van der Waals surface area contributed by atoms with E-state index in [0.29, 0.717) is 17.0 Å². The van der Waals surface area contributed by atoms with Crippen molar-refractivity contribution in [3.8, 4) is 5.75 Å². The number of hydrogen-bond acceptors (Lipinski definition) is 6. The molecule has 8 nitrogen and oxygen atoms in total. The zero-order valence-corrected chi connectivity index (χ0v) is 15.4. The molecule has 0 saturated heterocycles. The Bertz CT molecular complexity index is 913. The van der Waals surface area contributed by atoms with Crippen LogP contribution in [0.15, 0.2) is 64.0 Å². The maximum absolute atomic E-state index is 12.3. The van der Waals surface area contributed by atoms with Gasteiger partial charge in [-0.3, -0.25) is 9.59 Å². The molecule has 0 fully saturated rings. The van der Waals surface area contributed by atoms with Crippen molar-refractivity contribution in [3.05, 3.63) is 72.1 Å². The van der Waals surface area contributed by atoms with Crippen molar-refractivity contribution in [2.75, 3.05) is 19.0 Å². The molecule has 0 unspecified atom stereocenters. The van der Waals surface area contributed by atoms with Crippen molar-refractivity contribution in [3.63, 3.8) is 0 Å². The maximum Gasteiger partial charge on any atom is 0.313 e. The van der Waals surface area contributed by atoms with Crippen LogP contribution < -0.4 is 15.4 Å². The quantitative estimate of drug-likeness (QED) is 0.562. The molecule has 3 aromatic rings. The summed E-state index contributed by atoms with van der Waals surface area (Å²) in [6, 6.07) is 9.93. The lowest BCUT2D eigenvalue weighted by molar-refractivity contribution is -0.136. The highest BCUT2D eigenvalue weighted by molar-refractivity contribution is 6.39. The lowest BCUT2D eigenvalue weighted by Gasteiger charge is -2.25. The number of furan rings is 2. The number of benzene rings is 1. The maximum atomic E-state index is 12.3. The van der Waals surface area contributed by atoms with E-state index in [9.17, 15) is 14.7 Å². The molecule has 146 valence electrons. The number of anilines is 1. The van der Waals surface area contributed by atoms with E-state index in [4.69, 9.17) is 13.6 Å². The molecule has 0 bridgehead atoms. The van der Waals surface area contributed by atoms with Gasteiger partial charge in [0.2, 0.25) is 0 Å². The number of hydrogen-bond donors (Lipinski definition) is 3. The molecule has 0 aliphatic carbocycles. The summed E-state index contributed by atoms with van der Waals surface area (Å²) < 4.78 is 15.5. The van der Waals surface area contributed by atoms with Crippen molar-refractivity contribution in [1.82, 2.24) is 5.32 Å². The Balaban J connectivity index is 1.72. The van der Waals surface area contributed by atoms with Crippen LogP contribution in [0.1, 0.15) is 16.9 Å². The Morgan fingerprint density at radius 3 is 2.64 bits per heavy atom. The molecule has 1 aromatic carbocycles. The third-order valence-corrected chi connectivity index (χ3v) is 4.24. The van der Waals surface area contributed by atoms with E-state index in [2.05, 4.69) is 10.6 Å². The zero-order chi connectivity index (χ0) is 20.1. The summed E-state index contributed by atoms with van der Waals surface area (Å²) in [7, 11) is 1.47. The van der Waals surface area contributed by atoms with Crippen molar-refractivity contribution in [2.45, 2.75) is 12.5 Å². The molecule has 2 heterocycles. The Hall–Kier alpha value is -3.52. The largest absolute Gasteiger partial charge is 0.495 e. The van der Waals surface area contributed by atoms with Crippen molar-refractivity contribution >= 4 is 17.5 Å². The van der Waals surface area contributed by atoms with Gasteiger partial charge in [-0.15, -0.1) is 0 Å². The monoisotopic (exact) mass is 384 g/mol. The SMILES string of the molecule is COc1ccc(C)cc1NC(=O)C(=O)NC[C@](O)(c1ccoc1)c1ccco1. The fourth-order valence-corrected chi connectivity index (χ4v) is 2.73. The Morgan fingerprint density at radius 2 is 2.00 bits per heavy atom. The minimum absolute atomic E-state index is 0.204. The minimum Gasteiger partial charge on any atom is -0.495 e. The molecule has 3 N–H and O–H groups in total. The lowest BCUT2D eigenvalue weighted by atomic mass is 9.93. The molecule has 0 aliphatic heterocycles. The first kappa shape index (κ1) is 19.2. The van der Waals surface area contributed by atoms with Gasteiger partial charge in [-0.1, -0.05) is 6.07 Å². The molecular weight excluding hydrogens is 364 g/mol. The Morgan fingerprint density at radius 1 is 1.18 bits per heavy atom. The number of carbonyl (C=O) groups excluding carboxylic acids is 2. The average molecular weight is 384 g/mol. The van der Waals surface area contributed by atoms with E-state index in [0.717, 1.165) is 5.56 Å². The number of amides is 2. The molecule has 1 atom stereocenters.